The minimum Gasteiger partial charge on any atom is -0.462 e. The molecular formula is C53H92O6. The van der Waals surface area contributed by atoms with Crippen molar-refractivity contribution in [2.45, 2.75) is 245 Å². The van der Waals surface area contributed by atoms with E-state index in [2.05, 4.69) is 81.5 Å². The fourth-order valence-corrected chi connectivity index (χ4v) is 6.73. The number of esters is 3. The monoisotopic (exact) mass is 825 g/mol. The first kappa shape index (κ1) is 56.1. The van der Waals surface area contributed by atoms with E-state index in [4.69, 9.17) is 14.2 Å². The van der Waals surface area contributed by atoms with E-state index in [9.17, 15) is 14.4 Å². The van der Waals surface area contributed by atoms with Gasteiger partial charge >= 0.3 is 17.9 Å². The second kappa shape index (κ2) is 47.8. The lowest BCUT2D eigenvalue weighted by molar-refractivity contribution is -0.167. The van der Waals surface area contributed by atoms with Crippen molar-refractivity contribution in [3.63, 3.8) is 0 Å². The first-order chi connectivity index (χ1) is 29.0. The van der Waals surface area contributed by atoms with Crippen LogP contribution in [-0.4, -0.2) is 37.2 Å². The standard InChI is InChI=1S/C53H92O6/c1-4-7-10-13-16-19-22-24-26-27-29-31-34-37-40-43-46-52(55)58-49-50(48-57-51(54)45-42-39-36-33-30-21-18-15-12-9-6-3)59-53(56)47-44-41-38-35-32-28-25-23-20-17-14-11-8-5-2/h7,10,15-16,18-19,24,26,28,32,50H,4-6,8-9,11-14,17,20-23,25,27,29-31,33-49H2,1-3H3/b10-7-,18-15-,19-16-,26-24-,32-28-. The fourth-order valence-electron chi connectivity index (χ4n) is 6.73. The number of carbonyl (C=O) groups is 3. The Kier molecular flexibility index (Phi) is 45.4. The van der Waals surface area contributed by atoms with Crippen molar-refractivity contribution >= 4 is 17.9 Å². The Morgan fingerprint density at radius 1 is 0.356 bits per heavy atom. The summed E-state index contributed by atoms with van der Waals surface area (Å²) in [6.45, 7) is 6.45. The first-order valence-electron chi connectivity index (χ1n) is 24.8. The molecule has 0 aliphatic heterocycles. The Balaban J connectivity index is 4.41. The highest BCUT2D eigenvalue weighted by atomic mass is 16.6. The minimum atomic E-state index is -0.789. The van der Waals surface area contributed by atoms with Gasteiger partial charge in [-0.15, -0.1) is 0 Å². The Morgan fingerprint density at radius 2 is 0.678 bits per heavy atom. The maximum Gasteiger partial charge on any atom is 0.306 e. The lowest BCUT2D eigenvalue weighted by atomic mass is 10.1. The second-order valence-electron chi connectivity index (χ2n) is 16.3. The fraction of sp³-hybridized carbons (Fsp3) is 0.755. The number of hydrogen-bond acceptors (Lipinski definition) is 6. The van der Waals surface area contributed by atoms with Gasteiger partial charge in [-0.05, 0) is 96.3 Å². The predicted molar refractivity (Wildman–Crippen MR) is 251 cm³/mol. The molecule has 340 valence electrons. The molecule has 0 aromatic heterocycles. The summed E-state index contributed by atoms with van der Waals surface area (Å²) in [6, 6.07) is 0. The van der Waals surface area contributed by atoms with Gasteiger partial charge in [0, 0.05) is 19.3 Å². The van der Waals surface area contributed by atoms with Crippen molar-refractivity contribution in [1.29, 1.82) is 0 Å². The topological polar surface area (TPSA) is 78.9 Å². The molecule has 0 saturated heterocycles. The molecule has 0 rings (SSSR count). The van der Waals surface area contributed by atoms with Crippen LogP contribution in [0.1, 0.15) is 239 Å². The third kappa shape index (κ3) is 46.0. The van der Waals surface area contributed by atoms with Crippen molar-refractivity contribution < 1.29 is 28.6 Å². The van der Waals surface area contributed by atoms with Crippen LogP contribution < -0.4 is 0 Å². The Hall–Kier alpha value is -2.89. The molecule has 0 bridgehead atoms. The molecule has 6 heteroatoms. The van der Waals surface area contributed by atoms with Crippen LogP contribution in [0.15, 0.2) is 60.8 Å². The third-order valence-corrected chi connectivity index (χ3v) is 10.5. The summed E-state index contributed by atoms with van der Waals surface area (Å²) >= 11 is 0. The number of hydrogen-bond donors (Lipinski definition) is 0. The Bertz CT molecular complexity index is 1090. The van der Waals surface area contributed by atoms with Crippen molar-refractivity contribution in [1.82, 2.24) is 0 Å². The minimum absolute atomic E-state index is 0.0890. The van der Waals surface area contributed by atoms with E-state index in [1.165, 1.54) is 96.3 Å². The molecule has 0 fully saturated rings. The molecule has 0 aliphatic rings. The van der Waals surface area contributed by atoms with Gasteiger partial charge in [0.25, 0.3) is 0 Å². The van der Waals surface area contributed by atoms with Crippen LogP contribution >= 0.6 is 0 Å². The summed E-state index contributed by atoms with van der Waals surface area (Å²) in [5.41, 5.74) is 0. The summed E-state index contributed by atoms with van der Waals surface area (Å²) in [5, 5.41) is 0. The molecule has 1 unspecified atom stereocenters. The maximum absolute atomic E-state index is 12.8. The normalized spacial score (nSPS) is 12.5. The lowest BCUT2D eigenvalue weighted by Gasteiger charge is -2.18. The zero-order valence-electron chi connectivity index (χ0n) is 38.8. The van der Waals surface area contributed by atoms with E-state index in [0.29, 0.717) is 19.3 Å². The SMILES string of the molecule is CC/C=C\C/C=C\C/C=C\CCCCCCCCC(=O)OCC(COC(=O)CCCCCCC/C=C\CCCC)OC(=O)CCCCC/C=C\CCCCCCCCC. The van der Waals surface area contributed by atoms with E-state index in [0.717, 1.165) is 103 Å². The van der Waals surface area contributed by atoms with E-state index >= 15 is 0 Å². The van der Waals surface area contributed by atoms with Gasteiger partial charge in [-0.25, -0.2) is 0 Å². The number of unbranched alkanes of at least 4 members (excludes halogenated alkanes) is 23. The van der Waals surface area contributed by atoms with Gasteiger partial charge in [-0.2, -0.15) is 0 Å². The molecular weight excluding hydrogens is 733 g/mol. The van der Waals surface area contributed by atoms with E-state index in [1.54, 1.807) is 0 Å². The zero-order chi connectivity index (χ0) is 43.0. The van der Waals surface area contributed by atoms with Crippen molar-refractivity contribution in [2.24, 2.45) is 0 Å². The van der Waals surface area contributed by atoms with E-state index < -0.39 is 6.10 Å². The molecule has 59 heavy (non-hydrogen) atoms. The molecule has 0 saturated carbocycles. The first-order valence-corrected chi connectivity index (χ1v) is 24.8. The van der Waals surface area contributed by atoms with E-state index in [-0.39, 0.29) is 31.1 Å². The molecule has 0 aliphatic carbocycles. The van der Waals surface area contributed by atoms with Crippen LogP contribution in [0.25, 0.3) is 0 Å². The van der Waals surface area contributed by atoms with Crippen LogP contribution in [0.3, 0.4) is 0 Å². The van der Waals surface area contributed by atoms with Gasteiger partial charge in [-0.3, -0.25) is 14.4 Å². The van der Waals surface area contributed by atoms with Gasteiger partial charge < -0.3 is 14.2 Å². The summed E-state index contributed by atoms with van der Waals surface area (Å²) in [5.74, 6) is -0.926. The van der Waals surface area contributed by atoms with Gasteiger partial charge in [-0.1, -0.05) is 184 Å². The Morgan fingerprint density at radius 3 is 1.12 bits per heavy atom. The zero-order valence-corrected chi connectivity index (χ0v) is 38.8. The van der Waals surface area contributed by atoms with Crippen molar-refractivity contribution in [2.75, 3.05) is 13.2 Å². The van der Waals surface area contributed by atoms with Crippen LogP contribution in [0, 0.1) is 0 Å². The van der Waals surface area contributed by atoms with Crippen LogP contribution in [0.5, 0.6) is 0 Å². The highest BCUT2D eigenvalue weighted by Crippen LogP contribution is 2.13. The average molecular weight is 825 g/mol. The van der Waals surface area contributed by atoms with Crippen LogP contribution in [0.4, 0.5) is 0 Å². The molecule has 0 spiro atoms. The molecule has 0 aromatic carbocycles. The smallest absolute Gasteiger partial charge is 0.306 e. The van der Waals surface area contributed by atoms with Gasteiger partial charge in [0.1, 0.15) is 13.2 Å². The largest absolute Gasteiger partial charge is 0.462 e. The molecule has 0 heterocycles. The average Bonchev–Trinajstić information content (AvgIpc) is 3.23. The van der Waals surface area contributed by atoms with Gasteiger partial charge in [0.2, 0.25) is 0 Å². The maximum atomic E-state index is 12.8. The molecule has 6 nitrogen and oxygen atoms in total. The number of ether oxygens (including phenoxy) is 3. The lowest BCUT2D eigenvalue weighted by Crippen LogP contribution is -2.30. The number of rotatable bonds is 44. The summed E-state index contributed by atoms with van der Waals surface area (Å²) < 4.78 is 16.7. The second-order valence-corrected chi connectivity index (χ2v) is 16.3. The highest BCUT2D eigenvalue weighted by molar-refractivity contribution is 5.71. The molecule has 0 amide bonds. The van der Waals surface area contributed by atoms with E-state index in [1.807, 2.05) is 0 Å². The summed E-state index contributed by atoms with van der Waals surface area (Å²) in [4.78, 5) is 37.9. The van der Waals surface area contributed by atoms with Gasteiger partial charge in [0.05, 0.1) is 0 Å². The summed E-state index contributed by atoms with van der Waals surface area (Å²) in [7, 11) is 0. The quantitative estimate of drug-likeness (QED) is 0.0263. The highest BCUT2D eigenvalue weighted by Gasteiger charge is 2.19. The molecule has 0 aromatic rings. The number of carbonyl (C=O) groups excluding carboxylic acids is 3. The van der Waals surface area contributed by atoms with Gasteiger partial charge in [0.15, 0.2) is 6.10 Å². The number of allylic oxidation sites excluding steroid dienone is 10. The van der Waals surface area contributed by atoms with Crippen LogP contribution in [0.2, 0.25) is 0 Å². The van der Waals surface area contributed by atoms with Crippen molar-refractivity contribution in [3.8, 4) is 0 Å². The molecule has 0 N–H and O–H groups in total. The predicted octanol–water partition coefficient (Wildman–Crippen LogP) is 16.1. The summed E-state index contributed by atoms with van der Waals surface area (Å²) in [6.07, 6.45) is 57.7. The third-order valence-electron chi connectivity index (χ3n) is 10.5. The Labute approximate surface area is 364 Å². The van der Waals surface area contributed by atoms with Crippen LogP contribution in [-0.2, 0) is 28.6 Å². The van der Waals surface area contributed by atoms with Crippen molar-refractivity contribution in [3.05, 3.63) is 60.8 Å². The molecule has 1 atom stereocenters. The molecule has 0 radical (unpaired) electrons.